The standard InChI is InChI=1S/C15H17ClN2/c16-14-7-12(8-14)10-17-9-11-3-4-15-13(6-11)2-1-5-18-15/h1-6,12,14,17H,7-10H2. The zero-order valence-corrected chi connectivity index (χ0v) is 11.0. The van der Waals surface area contributed by atoms with Crippen molar-refractivity contribution in [1.29, 1.82) is 0 Å². The fourth-order valence-electron chi connectivity index (χ4n) is 2.48. The second-order valence-electron chi connectivity index (χ2n) is 5.10. The minimum Gasteiger partial charge on any atom is -0.312 e. The number of hydrogen-bond acceptors (Lipinski definition) is 2. The molecule has 1 saturated carbocycles. The Morgan fingerprint density at radius 2 is 2.17 bits per heavy atom. The van der Waals surface area contributed by atoms with Gasteiger partial charge < -0.3 is 5.32 Å². The SMILES string of the molecule is ClC1CC(CNCc2ccc3ncccc3c2)C1. The van der Waals surface area contributed by atoms with Crippen molar-refractivity contribution in [2.45, 2.75) is 24.8 Å². The molecule has 2 aromatic rings. The zero-order valence-electron chi connectivity index (χ0n) is 10.3. The van der Waals surface area contributed by atoms with Gasteiger partial charge in [-0.05, 0) is 49.1 Å². The third-order valence-electron chi connectivity index (χ3n) is 3.61. The number of halogens is 1. The van der Waals surface area contributed by atoms with E-state index >= 15 is 0 Å². The molecule has 1 N–H and O–H groups in total. The lowest BCUT2D eigenvalue weighted by atomic mass is 9.85. The molecule has 1 fully saturated rings. The van der Waals surface area contributed by atoms with Gasteiger partial charge in [0.05, 0.1) is 5.52 Å². The van der Waals surface area contributed by atoms with Gasteiger partial charge in [0.2, 0.25) is 0 Å². The molecule has 94 valence electrons. The van der Waals surface area contributed by atoms with E-state index in [1.165, 1.54) is 10.9 Å². The summed E-state index contributed by atoms with van der Waals surface area (Å²) in [5, 5.41) is 5.14. The highest BCUT2D eigenvalue weighted by Crippen LogP contribution is 2.31. The van der Waals surface area contributed by atoms with Gasteiger partial charge >= 0.3 is 0 Å². The van der Waals surface area contributed by atoms with Crippen LogP contribution in [-0.2, 0) is 6.54 Å². The maximum absolute atomic E-state index is 5.97. The number of nitrogens with one attached hydrogen (secondary N) is 1. The molecule has 0 spiro atoms. The molecule has 1 heterocycles. The summed E-state index contributed by atoms with van der Waals surface area (Å²) in [5.74, 6) is 0.773. The molecule has 0 atom stereocenters. The smallest absolute Gasteiger partial charge is 0.0702 e. The minimum atomic E-state index is 0.420. The van der Waals surface area contributed by atoms with Crippen LogP contribution in [0.25, 0.3) is 10.9 Å². The van der Waals surface area contributed by atoms with E-state index in [4.69, 9.17) is 11.6 Å². The summed E-state index contributed by atoms with van der Waals surface area (Å²) in [4.78, 5) is 4.33. The lowest BCUT2D eigenvalue weighted by molar-refractivity contribution is 0.308. The average Bonchev–Trinajstić information content (AvgIpc) is 2.36. The van der Waals surface area contributed by atoms with Crippen LogP contribution >= 0.6 is 11.6 Å². The van der Waals surface area contributed by atoms with Crippen molar-refractivity contribution in [1.82, 2.24) is 10.3 Å². The summed E-state index contributed by atoms with van der Waals surface area (Å²) in [7, 11) is 0. The quantitative estimate of drug-likeness (QED) is 0.853. The molecule has 1 aromatic carbocycles. The van der Waals surface area contributed by atoms with Crippen LogP contribution in [0.5, 0.6) is 0 Å². The van der Waals surface area contributed by atoms with Crippen LogP contribution in [0, 0.1) is 5.92 Å². The molecule has 18 heavy (non-hydrogen) atoms. The van der Waals surface area contributed by atoms with E-state index < -0.39 is 0 Å². The number of benzene rings is 1. The first kappa shape index (κ1) is 11.9. The summed E-state index contributed by atoms with van der Waals surface area (Å²) in [6.45, 7) is 2.00. The minimum absolute atomic E-state index is 0.420. The molecule has 1 aliphatic carbocycles. The highest BCUT2D eigenvalue weighted by Gasteiger charge is 2.26. The summed E-state index contributed by atoms with van der Waals surface area (Å²) >= 11 is 5.97. The Kier molecular flexibility index (Phi) is 3.48. The average molecular weight is 261 g/mol. The van der Waals surface area contributed by atoms with Crippen LogP contribution in [0.2, 0.25) is 0 Å². The first-order chi connectivity index (χ1) is 8.81. The van der Waals surface area contributed by atoms with Gasteiger partial charge in [0.1, 0.15) is 0 Å². The number of nitrogens with zero attached hydrogens (tertiary/aromatic N) is 1. The van der Waals surface area contributed by atoms with Crippen molar-refractivity contribution in [2.24, 2.45) is 5.92 Å². The van der Waals surface area contributed by atoms with Crippen molar-refractivity contribution in [3.8, 4) is 0 Å². The van der Waals surface area contributed by atoms with E-state index in [9.17, 15) is 0 Å². The van der Waals surface area contributed by atoms with Crippen LogP contribution in [0.15, 0.2) is 36.5 Å². The molecule has 0 aliphatic heterocycles. The highest BCUT2D eigenvalue weighted by molar-refractivity contribution is 6.21. The predicted octanol–water partition coefficient (Wildman–Crippen LogP) is 3.34. The van der Waals surface area contributed by atoms with Crippen molar-refractivity contribution in [3.63, 3.8) is 0 Å². The van der Waals surface area contributed by atoms with Gasteiger partial charge in [0, 0.05) is 23.5 Å². The Hall–Kier alpha value is -1.12. The van der Waals surface area contributed by atoms with Gasteiger partial charge in [-0.25, -0.2) is 0 Å². The van der Waals surface area contributed by atoms with Crippen molar-refractivity contribution < 1.29 is 0 Å². The molecule has 3 rings (SSSR count). The first-order valence-electron chi connectivity index (χ1n) is 6.50. The van der Waals surface area contributed by atoms with E-state index in [0.717, 1.165) is 37.4 Å². The Balaban J connectivity index is 1.57. The molecular weight excluding hydrogens is 244 g/mol. The van der Waals surface area contributed by atoms with Crippen LogP contribution in [-0.4, -0.2) is 16.9 Å². The molecule has 3 heteroatoms. The van der Waals surface area contributed by atoms with Crippen LogP contribution in [0.3, 0.4) is 0 Å². The van der Waals surface area contributed by atoms with Crippen molar-refractivity contribution >= 4 is 22.5 Å². The second kappa shape index (κ2) is 5.25. The first-order valence-corrected chi connectivity index (χ1v) is 6.93. The van der Waals surface area contributed by atoms with Crippen LogP contribution in [0.4, 0.5) is 0 Å². The number of rotatable bonds is 4. The van der Waals surface area contributed by atoms with Gasteiger partial charge in [-0.15, -0.1) is 11.6 Å². The van der Waals surface area contributed by atoms with Crippen molar-refractivity contribution in [2.75, 3.05) is 6.54 Å². The van der Waals surface area contributed by atoms with Gasteiger partial charge in [-0.1, -0.05) is 12.1 Å². The van der Waals surface area contributed by atoms with Gasteiger partial charge in [0.15, 0.2) is 0 Å². The number of alkyl halides is 1. The lowest BCUT2D eigenvalue weighted by Crippen LogP contribution is -2.33. The van der Waals surface area contributed by atoms with Gasteiger partial charge in [-0.3, -0.25) is 4.98 Å². The Bertz CT molecular complexity index is 535. The van der Waals surface area contributed by atoms with E-state index in [1.54, 1.807) is 0 Å². The lowest BCUT2D eigenvalue weighted by Gasteiger charge is -2.31. The monoisotopic (exact) mass is 260 g/mol. The molecular formula is C15H17ClN2. The van der Waals surface area contributed by atoms with Crippen molar-refractivity contribution in [3.05, 3.63) is 42.1 Å². The number of pyridine rings is 1. The van der Waals surface area contributed by atoms with Gasteiger partial charge in [-0.2, -0.15) is 0 Å². The molecule has 0 bridgehead atoms. The van der Waals surface area contributed by atoms with Gasteiger partial charge in [0.25, 0.3) is 0 Å². The molecule has 0 saturated heterocycles. The Morgan fingerprint density at radius 1 is 1.28 bits per heavy atom. The Morgan fingerprint density at radius 3 is 3.00 bits per heavy atom. The number of fused-ring (bicyclic) bond motifs is 1. The highest BCUT2D eigenvalue weighted by atomic mass is 35.5. The maximum atomic E-state index is 5.97. The number of hydrogen-bond donors (Lipinski definition) is 1. The topological polar surface area (TPSA) is 24.9 Å². The summed E-state index contributed by atoms with van der Waals surface area (Å²) < 4.78 is 0. The molecule has 1 aromatic heterocycles. The normalized spacial score (nSPS) is 22.9. The van der Waals surface area contributed by atoms with E-state index in [0.29, 0.717) is 5.38 Å². The van der Waals surface area contributed by atoms with E-state index in [1.807, 2.05) is 12.3 Å². The summed E-state index contributed by atoms with van der Waals surface area (Å²) in [6, 6.07) is 10.5. The Labute approximate surface area is 112 Å². The third kappa shape index (κ3) is 2.65. The third-order valence-corrected chi connectivity index (χ3v) is 3.96. The second-order valence-corrected chi connectivity index (χ2v) is 5.71. The van der Waals surface area contributed by atoms with E-state index in [-0.39, 0.29) is 0 Å². The zero-order chi connectivity index (χ0) is 12.4. The molecule has 0 unspecified atom stereocenters. The van der Waals surface area contributed by atoms with E-state index in [2.05, 4.69) is 34.6 Å². The summed E-state index contributed by atoms with van der Waals surface area (Å²) in [5.41, 5.74) is 2.38. The molecule has 0 radical (unpaired) electrons. The maximum Gasteiger partial charge on any atom is 0.0702 e. The molecule has 1 aliphatic rings. The fraction of sp³-hybridized carbons (Fsp3) is 0.400. The number of aromatic nitrogens is 1. The van der Waals surface area contributed by atoms with Crippen LogP contribution < -0.4 is 5.32 Å². The predicted molar refractivity (Wildman–Crippen MR) is 75.8 cm³/mol. The summed E-state index contributed by atoms with van der Waals surface area (Å²) in [6.07, 6.45) is 4.16. The molecule has 2 nitrogen and oxygen atoms in total. The molecule has 0 amide bonds. The largest absolute Gasteiger partial charge is 0.312 e. The van der Waals surface area contributed by atoms with Crippen LogP contribution in [0.1, 0.15) is 18.4 Å². The fourth-order valence-corrected chi connectivity index (χ4v) is 2.98.